The molecule has 0 bridgehead atoms. The number of benzene rings is 1. The Labute approximate surface area is 172 Å². The zero-order chi connectivity index (χ0) is 20.6. The van der Waals surface area contributed by atoms with Crippen molar-refractivity contribution in [3.63, 3.8) is 0 Å². The fourth-order valence-electron chi connectivity index (χ4n) is 3.96. The number of nitriles is 1. The molecule has 5 nitrogen and oxygen atoms in total. The summed E-state index contributed by atoms with van der Waals surface area (Å²) >= 11 is 1.47. The molecule has 2 N–H and O–H groups in total. The Morgan fingerprint density at radius 3 is 2.90 bits per heavy atom. The van der Waals surface area contributed by atoms with Crippen molar-refractivity contribution in [2.45, 2.75) is 38.1 Å². The van der Waals surface area contributed by atoms with Crippen LogP contribution in [0.25, 0.3) is 0 Å². The lowest BCUT2D eigenvalue weighted by atomic mass is 9.82. The van der Waals surface area contributed by atoms with E-state index in [1.165, 1.54) is 35.0 Å². The highest BCUT2D eigenvalue weighted by Crippen LogP contribution is 2.50. The fourth-order valence-corrected chi connectivity index (χ4v) is 5.11. The van der Waals surface area contributed by atoms with Gasteiger partial charge in [0.05, 0.1) is 5.56 Å². The number of rotatable bonds is 4. The summed E-state index contributed by atoms with van der Waals surface area (Å²) in [6, 6.07) is 9.78. The van der Waals surface area contributed by atoms with Gasteiger partial charge in [0, 0.05) is 18.2 Å². The molecular formula is C22H19FN4OS. The molecule has 1 aromatic carbocycles. The third-order valence-electron chi connectivity index (χ3n) is 5.41. The zero-order valence-electron chi connectivity index (χ0n) is 15.9. The summed E-state index contributed by atoms with van der Waals surface area (Å²) in [6.45, 7) is 1.90. The highest BCUT2D eigenvalue weighted by Gasteiger charge is 2.40. The van der Waals surface area contributed by atoms with Crippen molar-refractivity contribution in [2.75, 3.05) is 0 Å². The topological polar surface area (TPSA) is 92.1 Å². The molecule has 1 aliphatic carbocycles. The smallest absolute Gasteiger partial charge is 0.185 e. The van der Waals surface area contributed by atoms with Crippen molar-refractivity contribution >= 4 is 22.7 Å². The van der Waals surface area contributed by atoms with Crippen LogP contribution in [0.2, 0.25) is 0 Å². The number of amidine groups is 1. The van der Waals surface area contributed by atoms with Gasteiger partial charge in [0.15, 0.2) is 11.0 Å². The molecule has 1 unspecified atom stereocenters. The van der Waals surface area contributed by atoms with E-state index in [2.05, 4.69) is 9.98 Å². The van der Waals surface area contributed by atoms with Gasteiger partial charge in [-0.05, 0) is 66.5 Å². The van der Waals surface area contributed by atoms with E-state index in [0.717, 1.165) is 24.8 Å². The third-order valence-corrected chi connectivity index (χ3v) is 6.41. The van der Waals surface area contributed by atoms with Gasteiger partial charge in [-0.3, -0.25) is 9.78 Å². The average molecular weight is 406 g/mol. The van der Waals surface area contributed by atoms with Crippen LogP contribution in [0.3, 0.4) is 0 Å². The molecule has 29 heavy (non-hydrogen) atoms. The van der Waals surface area contributed by atoms with E-state index >= 15 is 0 Å². The van der Waals surface area contributed by atoms with Gasteiger partial charge < -0.3 is 5.73 Å². The number of Topliss-reactive ketones (excluding diaryl/α,β-unsaturated/α-hetero) is 1. The molecule has 1 atom stereocenters. The lowest BCUT2D eigenvalue weighted by molar-refractivity contribution is 0.0988. The highest BCUT2D eigenvalue weighted by molar-refractivity contribution is 8.17. The normalized spacial score (nSPS) is 20.8. The van der Waals surface area contributed by atoms with Crippen LogP contribution in [0.5, 0.6) is 0 Å². The maximum Gasteiger partial charge on any atom is 0.185 e. The van der Waals surface area contributed by atoms with Crippen LogP contribution in [0.4, 0.5) is 4.39 Å². The van der Waals surface area contributed by atoms with E-state index in [9.17, 15) is 9.18 Å². The van der Waals surface area contributed by atoms with Crippen molar-refractivity contribution in [3.8, 4) is 6.07 Å². The predicted molar refractivity (Wildman–Crippen MR) is 111 cm³/mol. The van der Waals surface area contributed by atoms with Gasteiger partial charge in [-0.25, -0.2) is 9.38 Å². The first-order valence-electron chi connectivity index (χ1n) is 9.34. The molecular weight excluding hydrogens is 387 g/mol. The van der Waals surface area contributed by atoms with Crippen LogP contribution in [0, 0.1) is 17.1 Å². The number of hydrogen-bond acceptors (Lipinski definition) is 6. The molecule has 2 aliphatic rings. The molecule has 7 heteroatoms. The number of carbonyl (C=O) groups excluding carboxylic acids is 1. The van der Waals surface area contributed by atoms with Gasteiger partial charge in [0.2, 0.25) is 0 Å². The number of allylic oxidation sites excluding steroid dienone is 1. The molecule has 0 spiro atoms. The predicted octanol–water partition coefficient (Wildman–Crippen LogP) is 4.23. The number of halogens is 1. The van der Waals surface area contributed by atoms with Crippen molar-refractivity contribution < 1.29 is 9.18 Å². The number of nitrogens with two attached hydrogens (primary N) is 1. The van der Waals surface area contributed by atoms with Crippen LogP contribution in [-0.2, 0) is 12.0 Å². The Balaban J connectivity index is 1.67. The molecule has 1 aliphatic heterocycles. The Morgan fingerprint density at radius 2 is 2.17 bits per heavy atom. The van der Waals surface area contributed by atoms with E-state index in [0.29, 0.717) is 21.9 Å². The molecule has 2 aromatic rings. The number of hydrogen-bond donors (Lipinski definition) is 1. The standard InChI is InChI=1S/C22H19FN4OS/c1-22(15-3-2-4-20(15)29-21(25)27-22)16-9-13(5-7-17(16)23)10-19(28)18-8-6-14(11-24)12-26-18/h5-9,12H,2-4,10H2,1H3,(H2,25,27). The minimum Gasteiger partial charge on any atom is -0.378 e. The van der Waals surface area contributed by atoms with Crippen molar-refractivity contribution in [1.29, 1.82) is 5.26 Å². The molecule has 0 fully saturated rings. The van der Waals surface area contributed by atoms with E-state index in [4.69, 9.17) is 11.0 Å². The third kappa shape index (κ3) is 3.56. The number of aromatic nitrogens is 1. The fraction of sp³-hybridized carbons (Fsp3) is 0.273. The lowest BCUT2D eigenvalue weighted by Crippen LogP contribution is -2.30. The summed E-state index contributed by atoms with van der Waals surface area (Å²) in [4.78, 5) is 22.4. The molecule has 2 heterocycles. The number of ketones is 1. The number of thioether (sulfide) groups is 1. The van der Waals surface area contributed by atoms with Crippen LogP contribution in [-0.4, -0.2) is 15.9 Å². The second-order valence-corrected chi connectivity index (χ2v) is 8.45. The molecule has 1 aromatic heterocycles. The van der Waals surface area contributed by atoms with Gasteiger partial charge in [-0.1, -0.05) is 17.8 Å². The Bertz CT molecular complexity index is 1100. The first-order chi connectivity index (χ1) is 13.9. The zero-order valence-corrected chi connectivity index (χ0v) is 16.7. The summed E-state index contributed by atoms with van der Waals surface area (Å²) < 4.78 is 14.9. The van der Waals surface area contributed by atoms with E-state index in [1.54, 1.807) is 18.2 Å². The number of pyridine rings is 1. The Morgan fingerprint density at radius 1 is 1.34 bits per heavy atom. The van der Waals surface area contributed by atoms with Gasteiger partial charge >= 0.3 is 0 Å². The van der Waals surface area contributed by atoms with Gasteiger partial charge in [0.1, 0.15) is 23.1 Å². The summed E-state index contributed by atoms with van der Waals surface area (Å²) in [5, 5.41) is 9.30. The van der Waals surface area contributed by atoms with Crippen molar-refractivity contribution in [3.05, 3.63) is 75.2 Å². The molecule has 0 amide bonds. The second-order valence-electron chi connectivity index (χ2n) is 7.34. The summed E-state index contributed by atoms with van der Waals surface area (Å²) in [7, 11) is 0. The average Bonchev–Trinajstić information content (AvgIpc) is 3.18. The summed E-state index contributed by atoms with van der Waals surface area (Å²) in [6.07, 6.45) is 4.28. The first kappa shape index (κ1) is 19.3. The minimum absolute atomic E-state index is 0.0854. The SMILES string of the molecule is CC1(c2cc(CC(=O)c3ccc(C#N)cn3)ccc2F)N=C(N)SC2=C1CCC2. The Kier molecular flexibility index (Phi) is 4.97. The monoisotopic (exact) mass is 406 g/mol. The Hall–Kier alpha value is -2.98. The van der Waals surface area contributed by atoms with Crippen LogP contribution >= 0.6 is 11.8 Å². The maximum atomic E-state index is 14.9. The van der Waals surface area contributed by atoms with Crippen LogP contribution in [0.1, 0.15) is 53.4 Å². The molecule has 146 valence electrons. The van der Waals surface area contributed by atoms with Crippen molar-refractivity contribution in [2.24, 2.45) is 10.7 Å². The maximum absolute atomic E-state index is 14.9. The lowest BCUT2D eigenvalue weighted by Gasteiger charge is -2.33. The largest absolute Gasteiger partial charge is 0.378 e. The highest BCUT2D eigenvalue weighted by atomic mass is 32.2. The first-order valence-corrected chi connectivity index (χ1v) is 10.2. The van der Waals surface area contributed by atoms with Gasteiger partial charge in [-0.15, -0.1) is 0 Å². The van der Waals surface area contributed by atoms with E-state index in [-0.39, 0.29) is 23.7 Å². The number of nitrogens with zero attached hydrogens (tertiary/aromatic N) is 3. The quantitative estimate of drug-likeness (QED) is 0.767. The molecule has 0 saturated heterocycles. The summed E-state index contributed by atoms with van der Waals surface area (Å²) in [5.41, 5.74) is 8.11. The number of carbonyl (C=O) groups is 1. The minimum atomic E-state index is -0.850. The van der Waals surface area contributed by atoms with Gasteiger partial charge in [0.25, 0.3) is 0 Å². The van der Waals surface area contributed by atoms with Crippen molar-refractivity contribution in [1.82, 2.24) is 4.98 Å². The molecule has 4 rings (SSSR count). The molecule has 0 saturated carbocycles. The van der Waals surface area contributed by atoms with Crippen LogP contribution < -0.4 is 5.73 Å². The molecule has 0 radical (unpaired) electrons. The van der Waals surface area contributed by atoms with E-state index in [1.807, 2.05) is 13.0 Å². The second kappa shape index (κ2) is 7.45. The van der Waals surface area contributed by atoms with E-state index < -0.39 is 5.54 Å². The van der Waals surface area contributed by atoms with Crippen LogP contribution in [0.15, 0.2) is 52.0 Å². The summed E-state index contributed by atoms with van der Waals surface area (Å²) in [5.74, 6) is -0.553. The van der Waals surface area contributed by atoms with Gasteiger partial charge in [-0.2, -0.15) is 5.26 Å². The number of aliphatic imine (C=N–C) groups is 1.